The van der Waals surface area contributed by atoms with Crippen molar-refractivity contribution in [3.8, 4) is 16.9 Å². The predicted molar refractivity (Wildman–Crippen MR) is 113 cm³/mol. The number of carboxylic acids is 1. The molecule has 2 aromatic rings. The zero-order valence-electron chi connectivity index (χ0n) is 16.7. The van der Waals surface area contributed by atoms with Gasteiger partial charge in [-0.1, -0.05) is 56.9 Å². The molecule has 4 nitrogen and oxygen atoms in total. The van der Waals surface area contributed by atoms with Crippen LogP contribution in [0.2, 0.25) is 0 Å². The van der Waals surface area contributed by atoms with Gasteiger partial charge in [0.2, 0.25) is 0 Å². The number of hydrogen-bond acceptors (Lipinski definition) is 2. The number of rotatable bonds is 6. The van der Waals surface area contributed by atoms with Crippen LogP contribution in [0.15, 0.2) is 55.1 Å². The van der Waals surface area contributed by atoms with Crippen molar-refractivity contribution in [3.05, 3.63) is 72.1 Å². The summed E-state index contributed by atoms with van der Waals surface area (Å²) < 4.78 is 2.19. The molecule has 0 unspecified atom stereocenters. The quantitative estimate of drug-likeness (QED) is 0.679. The second kappa shape index (κ2) is 7.55. The van der Waals surface area contributed by atoms with Crippen LogP contribution in [0.4, 0.5) is 0 Å². The lowest BCUT2D eigenvalue weighted by molar-refractivity contribution is -0.136. The summed E-state index contributed by atoms with van der Waals surface area (Å²) in [5, 5.41) is 19.3. The molecule has 28 heavy (non-hydrogen) atoms. The Bertz CT molecular complexity index is 972. The Labute approximate surface area is 166 Å². The number of fused-ring (bicyclic) bond motifs is 1. The van der Waals surface area contributed by atoms with Crippen LogP contribution in [0.5, 0.6) is 5.75 Å². The molecule has 0 aliphatic carbocycles. The number of nitrogens with zero attached hydrogens (tertiary/aromatic N) is 1. The first-order valence-corrected chi connectivity index (χ1v) is 9.48. The third-order valence-corrected chi connectivity index (χ3v) is 5.20. The Morgan fingerprint density at radius 2 is 1.96 bits per heavy atom. The second-order valence-electron chi connectivity index (χ2n) is 8.03. The van der Waals surface area contributed by atoms with Crippen molar-refractivity contribution >= 4 is 11.5 Å². The third-order valence-electron chi connectivity index (χ3n) is 5.20. The van der Waals surface area contributed by atoms with Gasteiger partial charge in [-0.05, 0) is 42.0 Å². The van der Waals surface area contributed by atoms with Gasteiger partial charge >= 0.3 is 5.97 Å². The van der Waals surface area contributed by atoms with E-state index in [1.165, 1.54) is 5.69 Å². The maximum absolute atomic E-state index is 11.7. The van der Waals surface area contributed by atoms with Crippen molar-refractivity contribution in [1.82, 2.24) is 4.57 Å². The Morgan fingerprint density at radius 1 is 1.29 bits per heavy atom. The van der Waals surface area contributed by atoms with Gasteiger partial charge in [-0.3, -0.25) is 4.79 Å². The summed E-state index contributed by atoms with van der Waals surface area (Å²) in [7, 11) is 0. The number of allylic oxidation sites excluding steroid dienone is 5. The number of aromatic nitrogens is 1. The van der Waals surface area contributed by atoms with E-state index in [4.69, 9.17) is 0 Å². The fraction of sp³-hybridized carbons (Fsp3) is 0.292. The highest BCUT2D eigenvalue weighted by molar-refractivity contribution is 5.91. The first-order valence-electron chi connectivity index (χ1n) is 9.48. The van der Waals surface area contributed by atoms with Gasteiger partial charge in [-0.25, -0.2) is 0 Å². The van der Waals surface area contributed by atoms with Gasteiger partial charge in [0.05, 0.1) is 6.42 Å². The van der Waals surface area contributed by atoms with Gasteiger partial charge in [0.15, 0.2) is 0 Å². The summed E-state index contributed by atoms with van der Waals surface area (Å²) in [5.41, 5.74) is 6.04. The highest BCUT2D eigenvalue weighted by Gasteiger charge is 2.36. The van der Waals surface area contributed by atoms with Crippen LogP contribution >= 0.6 is 0 Å². The number of carbonyl (C=O) groups is 1. The lowest BCUT2D eigenvalue weighted by Crippen LogP contribution is -2.15. The number of carboxylic acid groups (broad SMARTS) is 1. The molecule has 1 aliphatic heterocycles. The molecule has 1 aliphatic rings. The Hall–Kier alpha value is -3.01. The largest absolute Gasteiger partial charge is 0.508 e. The van der Waals surface area contributed by atoms with Crippen LogP contribution in [0.3, 0.4) is 0 Å². The molecule has 0 atom stereocenters. The molecule has 4 heteroatoms. The Morgan fingerprint density at radius 3 is 2.54 bits per heavy atom. The number of aromatic hydroxyl groups is 1. The molecule has 0 saturated carbocycles. The van der Waals surface area contributed by atoms with Gasteiger partial charge in [0, 0.05) is 29.1 Å². The first-order chi connectivity index (χ1) is 13.3. The minimum atomic E-state index is -0.847. The minimum Gasteiger partial charge on any atom is -0.508 e. The zero-order chi connectivity index (χ0) is 20.5. The van der Waals surface area contributed by atoms with E-state index in [1.807, 2.05) is 31.2 Å². The first kappa shape index (κ1) is 19.7. The summed E-state index contributed by atoms with van der Waals surface area (Å²) in [6, 6.07) is 6.99. The summed E-state index contributed by atoms with van der Waals surface area (Å²) in [6.45, 7) is 11.0. The smallest absolute Gasteiger partial charge is 0.309 e. The van der Waals surface area contributed by atoms with Crippen molar-refractivity contribution in [2.75, 3.05) is 0 Å². The van der Waals surface area contributed by atoms with Crippen molar-refractivity contribution in [2.24, 2.45) is 5.41 Å². The molecule has 1 aromatic heterocycles. The Balaban J connectivity index is 2.35. The SMILES string of the molecule is C=C/C=C\C(=C/C)c1c(-c2ccc(O)cc2)c(CC(=O)O)n2c1CC(C)(C)C2. The van der Waals surface area contributed by atoms with Crippen molar-refractivity contribution in [1.29, 1.82) is 0 Å². The van der Waals surface area contributed by atoms with Crippen LogP contribution in [0.1, 0.15) is 37.7 Å². The predicted octanol–water partition coefficient (Wildman–Crippen LogP) is 5.22. The summed E-state index contributed by atoms with van der Waals surface area (Å²) >= 11 is 0. The van der Waals surface area contributed by atoms with Crippen LogP contribution in [-0.4, -0.2) is 20.7 Å². The number of benzene rings is 1. The average molecular weight is 377 g/mol. The van der Waals surface area contributed by atoms with Crippen LogP contribution in [-0.2, 0) is 24.2 Å². The molecule has 3 rings (SSSR count). The van der Waals surface area contributed by atoms with Crippen LogP contribution < -0.4 is 0 Å². The molecule has 0 bridgehead atoms. The molecule has 0 radical (unpaired) electrons. The minimum absolute atomic E-state index is 0.0402. The molecule has 1 aromatic carbocycles. The highest BCUT2D eigenvalue weighted by Crippen LogP contribution is 2.45. The molecule has 0 fully saturated rings. The maximum Gasteiger partial charge on any atom is 0.309 e. The fourth-order valence-corrected chi connectivity index (χ4v) is 4.11. The summed E-state index contributed by atoms with van der Waals surface area (Å²) in [6.07, 6.45) is 8.55. The highest BCUT2D eigenvalue weighted by atomic mass is 16.4. The zero-order valence-corrected chi connectivity index (χ0v) is 16.7. The summed E-state index contributed by atoms with van der Waals surface area (Å²) in [5.74, 6) is -0.656. The van der Waals surface area contributed by atoms with Gasteiger partial charge < -0.3 is 14.8 Å². The van der Waals surface area contributed by atoms with Gasteiger partial charge in [-0.2, -0.15) is 0 Å². The third kappa shape index (κ3) is 3.68. The van der Waals surface area contributed by atoms with E-state index in [9.17, 15) is 15.0 Å². The van der Waals surface area contributed by atoms with Gasteiger partial charge in [-0.15, -0.1) is 0 Å². The average Bonchev–Trinajstić information content (AvgIpc) is 3.08. The fourth-order valence-electron chi connectivity index (χ4n) is 4.11. The lowest BCUT2D eigenvalue weighted by Gasteiger charge is -2.19. The standard InChI is InChI=1S/C24H27NO3/c1-5-7-8-16(6-2)22-20-14-24(3,4)15-25(20)19(13-21(27)28)23(22)17-9-11-18(26)12-10-17/h5-12,26H,1,13-15H2,2-4H3,(H,27,28)/b8-7-,16-6+. The van der Waals surface area contributed by atoms with E-state index >= 15 is 0 Å². The van der Waals surface area contributed by atoms with Gasteiger partial charge in [0.25, 0.3) is 0 Å². The van der Waals surface area contributed by atoms with Crippen molar-refractivity contribution in [2.45, 2.75) is 40.2 Å². The van der Waals surface area contributed by atoms with E-state index in [0.29, 0.717) is 0 Å². The molecule has 0 saturated heterocycles. The number of phenols is 1. The maximum atomic E-state index is 11.7. The van der Waals surface area contributed by atoms with E-state index < -0.39 is 5.97 Å². The van der Waals surface area contributed by atoms with Crippen molar-refractivity contribution in [3.63, 3.8) is 0 Å². The summed E-state index contributed by atoms with van der Waals surface area (Å²) in [4.78, 5) is 11.7. The molecule has 2 heterocycles. The number of phenolic OH excluding ortho intramolecular Hbond substituents is 1. The second-order valence-corrected chi connectivity index (χ2v) is 8.03. The van der Waals surface area contributed by atoms with E-state index in [0.717, 1.165) is 40.9 Å². The molecule has 0 spiro atoms. The molecular formula is C24H27NO3. The lowest BCUT2D eigenvalue weighted by atomic mass is 9.86. The van der Waals surface area contributed by atoms with Crippen molar-refractivity contribution < 1.29 is 15.0 Å². The van der Waals surface area contributed by atoms with Crippen LogP contribution in [0, 0.1) is 5.41 Å². The monoisotopic (exact) mass is 377 g/mol. The van der Waals surface area contributed by atoms with E-state index in [1.54, 1.807) is 18.2 Å². The Kier molecular flexibility index (Phi) is 5.32. The van der Waals surface area contributed by atoms with Crippen LogP contribution in [0.25, 0.3) is 16.7 Å². The topological polar surface area (TPSA) is 62.5 Å². The molecule has 0 amide bonds. The molecule has 146 valence electrons. The number of aliphatic carboxylic acids is 1. The molecular weight excluding hydrogens is 350 g/mol. The molecule has 2 N–H and O–H groups in total. The normalized spacial score (nSPS) is 15.8. The van der Waals surface area contributed by atoms with E-state index in [2.05, 4.69) is 31.1 Å². The van der Waals surface area contributed by atoms with Gasteiger partial charge in [0.1, 0.15) is 5.75 Å². The number of hydrogen-bond donors (Lipinski definition) is 2. The van der Waals surface area contributed by atoms with E-state index in [-0.39, 0.29) is 17.6 Å².